The molecule has 2 aromatic rings. The van der Waals surface area contributed by atoms with E-state index in [1.165, 1.54) is 12.1 Å². The molecule has 24 heavy (non-hydrogen) atoms. The van der Waals surface area contributed by atoms with Crippen LogP contribution in [-0.4, -0.2) is 30.1 Å². The smallest absolute Gasteiger partial charge is 0.320 e. The standard InChI is InChI=1S/C9H11NO2.C7H8O3S.H3N/c10-8(9(11)12)6-7-4-2-1-3-5-7;1-6-2-4-7(5-3-6)11(8,9)10;/h1-5,8H,6,10H2,(H,11,12);2-5H,1H3,(H,8,9,10);1H3. The fourth-order valence-electron chi connectivity index (χ4n) is 1.67. The summed E-state index contributed by atoms with van der Waals surface area (Å²) in [5, 5.41) is 8.52. The zero-order chi connectivity index (χ0) is 17.5. The van der Waals surface area contributed by atoms with Gasteiger partial charge in [0.15, 0.2) is 0 Å². The molecule has 0 aromatic heterocycles. The highest BCUT2D eigenvalue weighted by atomic mass is 32.2. The van der Waals surface area contributed by atoms with Crippen LogP contribution in [0.15, 0.2) is 59.5 Å². The van der Waals surface area contributed by atoms with E-state index >= 15 is 0 Å². The van der Waals surface area contributed by atoms with Crippen LogP contribution in [-0.2, 0) is 21.3 Å². The van der Waals surface area contributed by atoms with Crippen LogP contribution in [0.2, 0.25) is 0 Å². The number of hydrogen-bond donors (Lipinski definition) is 4. The second-order valence-corrected chi connectivity index (χ2v) is 6.34. The van der Waals surface area contributed by atoms with Crippen molar-refractivity contribution in [3.05, 3.63) is 65.7 Å². The molecule has 0 aliphatic rings. The number of carboxylic acid groups (broad SMARTS) is 1. The molecule has 0 aliphatic heterocycles. The van der Waals surface area contributed by atoms with Crippen molar-refractivity contribution in [3.8, 4) is 0 Å². The summed E-state index contributed by atoms with van der Waals surface area (Å²) in [6, 6.07) is 14.5. The van der Waals surface area contributed by atoms with Gasteiger partial charge in [0.25, 0.3) is 10.1 Å². The van der Waals surface area contributed by atoms with Crippen molar-refractivity contribution in [2.24, 2.45) is 5.73 Å². The molecular formula is C16H22N2O5S. The number of benzene rings is 2. The average Bonchev–Trinajstić information content (AvgIpc) is 2.48. The van der Waals surface area contributed by atoms with Crippen LogP contribution >= 0.6 is 0 Å². The van der Waals surface area contributed by atoms with E-state index in [0.717, 1.165) is 11.1 Å². The van der Waals surface area contributed by atoms with Crippen molar-refractivity contribution in [1.29, 1.82) is 0 Å². The van der Waals surface area contributed by atoms with Gasteiger partial charge in [-0.2, -0.15) is 8.42 Å². The first kappa shape index (κ1) is 21.7. The molecule has 2 aromatic carbocycles. The van der Waals surface area contributed by atoms with Gasteiger partial charge in [0.2, 0.25) is 0 Å². The molecule has 0 heterocycles. The number of nitrogens with two attached hydrogens (primary N) is 1. The van der Waals surface area contributed by atoms with Crippen LogP contribution in [0.4, 0.5) is 0 Å². The van der Waals surface area contributed by atoms with E-state index in [-0.39, 0.29) is 11.0 Å². The maximum Gasteiger partial charge on any atom is 0.320 e. The lowest BCUT2D eigenvalue weighted by molar-refractivity contribution is -0.138. The Bertz CT molecular complexity index is 731. The van der Waals surface area contributed by atoms with Gasteiger partial charge in [-0.1, -0.05) is 48.0 Å². The molecule has 0 radical (unpaired) electrons. The maximum atomic E-state index is 10.5. The van der Waals surface area contributed by atoms with Crippen molar-refractivity contribution in [3.63, 3.8) is 0 Å². The van der Waals surface area contributed by atoms with E-state index in [4.69, 9.17) is 15.4 Å². The molecule has 0 fully saturated rings. The van der Waals surface area contributed by atoms with Crippen molar-refractivity contribution in [1.82, 2.24) is 6.15 Å². The third-order valence-electron chi connectivity index (χ3n) is 2.93. The third-order valence-corrected chi connectivity index (χ3v) is 3.80. The zero-order valence-electron chi connectivity index (χ0n) is 13.3. The van der Waals surface area contributed by atoms with Gasteiger partial charge in [-0.3, -0.25) is 9.35 Å². The fourth-order valence-corrected chi connectivity index (χ4v) is 2.15. The van der Waals surface area contributed by atoms with Gasteiger partial charge in [-0.15, -0.1) is 0 Å². The van der Waals surface area contributed by atoms with E-state index in [0.29, 0.717) is 6.42 Å². The van der Waals surface area contributed by atoms with E-state index in [9.17, 15) is 13.2 Å². The lowest BCUT2D eigenvalue weighted by Gasteiger charge is -2.04. The van der Waals surface area contributed by atoms with Crippen molar-refractivity contribution < 1.29 is 22.9 Å². The highest BCUT2D eigenvalue weighted by Crippen LogP contribution is 2.08. The minimum Gasteiger partial charge on any atom is -0.480 e. The topological polar surface area (TPSA) is 153 Å². The van der Waals surface area contributed by atoms with Crippen molar-refractivity contribution >= 4 is 16.1 Å². The molecule has 0 amide bonds. The molecule has 2 rings (SSSR count). The van der Waals surface area contributed by atoms with Crippen LogP contribution in [0.5, 0.6) is 0 Å². The van der Waals surface area contributed by atoms with Gasteiger partial charge in [0.1, 0.15) is 6.04 Å². The molecule has 0 saturated carbocycles. The molecule has 0 aliphatic carbocycles. The first-order chi connectivity index (χ1) is 10.7. The highest BCUT2D eigenvalue weighted by molar-refractivity contribution is 7.85. The van der Waals surface area contributed by atoms with Crippen molar-refractivity contribution in [2.75, 3.05) is 0 Å². The fraction of sp³-hybridized carbons (Fsp3) is 0.188. The second kappa shape index (κ2) is 9.78. The van der Waals surface area contributed by atoms with Gasteiger partial charge >= 0.3 is 5.97 Å². The van der Waals surface area contributed by atoms with Crippen LogP contribution in [0, 0.1) is 6.92 Å². The van der Waals surface area contributed by atoms with Gasteiger partial charge in [0, 0.05) is 0 Å². The summed E-state index contributed by atoms with van der Waals surface area (Å²) in [5.74, 6) is -0.959. The highest BCUT2D eigenvalue weighted by Gasteiger charge is 2.11. The number of rotatable bonds is 4. The Morgan fingerprint density at radius 3 is 2.00 bits per heavy atom. The molecule has 1 atom stereocenters. The summed E-state index contributed by atoms with van der Waals surface area (Å²) in [6.45, 7) is 1.84. The van der Waals surface area contributed by atoms with Gasteiger partial charge in [0.05, 0.1) is 4.90 Å². The Hall–Kier alpha value is -2.26. The summed E-state index contributed by atoms with van der Waals surface area (Å²) < 4.78 is 29.6. The molecule has 7 N–H and O–H groups in total. The monoisotopic (exact) mass is 354 g/mol. The third kappa shape index (κ3) is 7.84. The Kier molecular flexibility index (Phi) is 8.86. The number of aliphatic carboxylic acids is 1. The van der Waals surface area contributed by atoms with Gasteiger partial charge in [-0.25, -0.2) is 0 Å². The van der Waals surface area contributed by atoms with E-state index in [1.54, 1.807) is 12.1 Å². The molecular weight excluding hydrogens is 332 g/mol. The predicted octanol–water partition coefficient (Wildman–Crippen LogP) is 2.04. The number of hydrogen-bond acceptors (Lipinski definition) is 5. The number of carboxylic acids is 1. The van der Waals surface area contributed by atoms with Crippen LogP contribution in [0.25, 0.3) is 0 Å². The SMILES string of the molecule is Cc1ccc(S(=O)(=O)O)cc1.N.NC(Cc1ccccc1)C(=O)O. The first-order valence-corrected chi connectivity index (χ1v) is 8.20. The molecule has 0 bridgehead atoms. The summed E-state index contributed by atoms with van der Waals surface area (Å²) in [4.78, 5) is 10.3. The minimum atomic E-state index is -4.02. The number of aryl methyl sites for hydroxylation is 1. The summed E-state index contributed by atoms with van der Waals surface area (Å²) in [5.41, 5.74) is 7.26. The molecule has 0 saturated heterocycles. The Morgan fingerprint density at radius 1 is 1.08 bits per heavy atom. The van der Waals surface area contributed by atoms with Gasteiger partial charge in [-0.05, 0) is 31.0 Å². The normalized spacial score (nSPS) is 11.5. The molecule has 7 nitrogen and oxygen atoms in total. The van der Waals surface area contributed by atoms with Crippen LogP contribution in [0.3, 0.4) is 0 Å². The second-order valence-electron chi connectivity index (χ2n) is 4.92. The Morgan fingerprint density at radius 2 is 1.58 bits per heavy atom. The lowest BCUT2D eigenvalue weighted by Crippen LogP contribution is -2.32. The molecule has 132 valence electrons. The summed E-state index contributed by atoms with van der Waals surface area (Å²) in [7, 11) is -4.02. The van der Waals surface area contributed by atoms with E-state index in [1.807, 2.05) is 37.3 Å². The average molecular weight is 354 g/mol. The zero-order valence-corrected chi connectivity index (χ0v) is 14.1. The largest absolute Gasteiger partial charge is 0.480 e. The quantitative estimate of drug-likeness (QED) is 0.613. The molecule has 1 unspecified atom stereocenters. The first-order valence-electron chi connectivity index (χ1n) is 6.76. The molecule has 8 heteroatoms. The minimum absolute atomic E-state index is 0. The Labute approximate surface area is 141 Å². The van der Waals surface area contributed by atoms with Crippen LogP contribution in [0.1, 0.15) is 11.1 Å². The van der Waals surface area contributed by atoms with E-state index in [2.05, 4.69) is 0 Å². The predicted molar refractivity (Wildman–Crippen MR) is 91.8 cm³/mol. The van der Waals surface area contributed by atoms with E-state index < -0.39 is 22.1 Å². The van der Waals surface area contributed by atoms with Crippen LogP contribution < -0.4 is 11.9 Å². The summed E-state index contributed by atoms with van der Waals surface area (Å²) in [6.07, 6.45) is 0.385. The Balaban J connectivity index is 0.000000425. The summed E-state index contributed by atoms with van der Waals surface area (Å²) >= 11 is 0. The lowest BCUT2D eigenvalue weighted by atomic mass is 10.1. The number of carbonyl (C=O) groups is 1. The van der Waals surface area contributed by atoms with Crippen molar-refractivity contribution in [2.45, 2.75) is 24.3 Å². The maximum absolute atomic E-state index is 10.5. The van der Waals surface area contributed by atoms with Gasteiger partial charge < -0.3 is 17.0 Å². The molecule has 0 spiro atoms.